The van der Waals surface area contributed by atoms with Gasteiger partial charge in [-0.3, -0.25) is 0 Å². The van der Waals surface area contributed by atoms with Gasteiger partial charge in [0.2, 0.25) is 0 Å². The van der Waals surface area contributed by atoms with E-state index in [-0.39, 0.29) is 11.4 Å². The molecule has 0 fully saturated rings. The van der Waals surface area contributed by atoms with E-state index in [1.54, 1.807) is 18.2 Å². The Kier molecular flexibility index (Phi) is 3.71. The molecule has 0 aliphatic heterocycles. The van der Waals surface area contributed by atoms with Crippen LogP contribution in [-0.2, 0) is 4.79 Å². The van der Waals surface area contributed by atoms with Crippen molar-refractivity contribution in [2.45, 2.75) is 0 Å². The Morgan fingerprint density at radius 2 is 1.63 bits per heavy atom. The molecule has 0 aliphatic carbocycles. The van der Waals surface area contributed by atoms with Crippen molar-refractivity contribution in [3.8, 4) is 11.1 Å². The van der Waals surface area contributed by atoms with Gasteiger partial charge in [0.25, 0.3) is 0 Å². The molecular formula is C15H10F2O2. The number of carboxylic acid groups (broad SMARTS) is 1. The molecule has 0 atom stereocenters. The number of hydrogen-bond acceptors (Lipinski definition) is 1. The van der Waals surface area contributed by atoms with Crippen molar-refractivity contribution in [1.29, 1.82) is 0 Å². The Morgan fingerprint density at radius 3 is 2.21 bits per heavy atom. The Labute approximate surface area is 108 Å². The zero-order valence-electron chi connectivity index (χ0n) is 9.81. The van der Waals surface area contributed by atoms with Crippen molar-refractivity contribution in [1.82, 2.24) is 0 Å². The van der Waals surface area contributed by atoms with E-state index in [0.29, 0.717) is 11.1 Å². The van der Waals surface area contributed by atoms with Crippen LogP contribution in [0.15, 0.2) is 48.5 Å². The van der Waals surface area contributed by atoms with Crippen LogP contribution in [0.3, 0.4) is 0 Å². The zero-order chi connectivity index (χ0) is 13.8. The van der Waals surface area contributed by atoms with Gasteiger partial charge in [0.1, 0.15) is 11.6 Å². The molecule has 0 heterocycles. The molecule has 0 saturated carbocycles. The molecule has 0 amide bonds. The molecule has 0 unspecified atom stereocenters. The first-order valence-corrected chi connectivity index (χ1v) is 5.53. The topological polar surface area (TPSA) is 37.3 Å². The molecule has 0 radical (unpaired) electrons. The summed E-state index contributed by atoms with van der Waals surface area (Å²) in [4.78, 5) is 10.4. The van der Waals surface area contributed by atoms with Crippen molar-refractivity contribution < 1.29 is 18.7 Å². The van der Waals surface area contributed by atoms with Crippen LogP contribution in [0.4, 0.5) is 8.78 Å². The van der Waals surface area contributed by atoms with E-state index >= 15 is 0 Å². The molecule has 0 aliphatic rings. The number of rotatable bonds is 3. The molecule has 0 saturated heterocycles. The van der Waals surface area contributed by atoms with E-state index in [0.717, 1.165) is 6.08 Å². The van der Waals surface area contributed by atoms with Gasteiger partial charge in [0.05, 0.1) is 0 Å². The van der Waals surface area contributed by atoms with Gasteiger partial charge in [0, 0.05) is 11.6 Å². The molecule has 2 aromatic rings. The first-order valence-electron chi connectivity index (χ1n) is 5.53. The van der Waals surface area contributed by atoms with Crippen LogP contribution in [-0.4, -0.2) is 11.1 Å². The summed E-state index contributed by atoms with van der Waals surface area (Å²) in [6, 6.07) is 10.1. The first kappa shape index (κ1) is 13.0. The minimum absolute atomic E-state index is 0.188. The average Bonchev–Trinajstić information content (AvgIpc) is 2.38. The summed E-state index contributed by atoms with van der Waals surface area (Å²) in [6.07, 6.45) is 2.06. The number of halogens is 2. The Bertz CT molecular complexity index is 631. The average molecular weight is 260 g/mol. The molecule has 96 valence electrons. The Balaban J connectivity index is 2.33. The van der Waals surface area contributed by atoms with Crippen LogP contribution < -0.4 is 0 Å². The normalized spacial score (nSPS) is 10.8. The highest BCUT2D eigenvalue weighted by Crippen LogP contribution is 2.22. The standard InChI is InChI=1S/C15H10F2O2/c16-13-6-3-10(4-7-13)12-2-1-11(14(17)9-12)5-8-15(18)19/h1-9H,(H,18,19). The smallest absolute Gasteiger partial charge is 0.328 e. The molecule has 2 rings (SSSR count). The highest BCUT2D eigenvalue weighted by molar-refractivity contribution is 5.85. The summed E-state index contributed by atoms with van der Waals surface area (Å²) in [5, 5.41) is 8.48. The second-order valence-corrected chi connectivity index (χ2v) is 3.91. The van der Waals surface area contributed by atoms with Gasteiger partial charge in [-0.25, -0.2) is 13.6 Å². The third-order valence-corrected chi connectivity index (χ3v) is 2.58. The van der Waals surface area contributed by atoms with E-state index in [1.165, 1.54) is 30.3 Å². The van der Waals surface area contributed by atoms with Crippen LogP contribution in [0, 0.1) is 11.6 Å². The third kappa shape index (κ3) is 3.25. The minimum atomic E-state index is -1.14. The molecule has 2 aromatic carbocycles. The summed E-state index contributed by atoms with van der Waals surface area (Å²) in [7, 11) is 0. The lowest BCUT2D eigenvalue weighted by Gasteiger charge is -2.04. The maximum absolute atomic E-state index is 13.7. The van der Waals surface area contributed by atoms with Gasteiger partial charge < -0.3 is 5.11 Å². The minimum Gasteiger partial charge on any atom is -0.478 e. The van der Waals surface area contributed by atoms with Crippen LogP contribution in [0.25, 0.3) is 17.2 Å². The first-order chi connectivity index (χ1) is 9.06. The molecule has 1 N–H and O–H groups in total. The molecule has 0 bridgehead atoms. The second-order valence-electron chi connectivity index (χ2n) is 3.91. The number of hydrogen-bond donors (Lipinski definition) is 1. The van der Waals surface area contributed by atoms with Gasteiger partial charge in [-0.15, -0.1) is 0 Å². The molecular weight excluding hydrogens is 250 g/mol. The molecule has 0 spiro atoms. The lowest BCUT2D eigenvalue weighted by molar-refractivity contribution is -0.131. The van der Waals surface area contributed by atoms with Crippen LogP contribution in [0.2, 0.25) is 0 Å². The molecule has 0 aromatic heterocycles. The van der Waals surface area contributed by atoms with E-state index < -0.39 is 11.8 Å². The fourth-order valence-corrected chi connectivity index (χ4v) is 1.65. The number of aliphatic carboxylic acids is 1. The fourth-order valence-electron chi connectivity index (χ4n) is 1.65. The molecule has 19 heavy (non-hydrogen) atoms. The van der Waals surface area contributed by atoms with Crippen molar-refractivity contribution >= 4 is 12.0 Å². The van der Waals surface area contributed by atoms with Gasteiger partial charge in [-0.1, -0.05) is 24.3 Å². The van der Waals surface area contributed by atoms with Crippen LogP contribution in [0.1, 0.15) is 5.56 Å². The molecule has 2 nitrogen and oxygen atoms in total. The summed E-state index contributed by atoms with van der Waals surface area (Å²) < 4.78 is 26.5. The third-order valence-electron chi connectivity index (χ3n) is 2.58. The van der Waals surface area contributed by atoms with Gasteiger partial charge in [-0.05, 0) is 35.4 Å². The van der Waals surface area contributed by atoms with Gasteiger partial charge in [-0.2, -0.15) is 0 Å². The van der Waals surface area contributed by atoms with Gasteiger partial charge in [0.15, 0.2) is 0 Å². The number of carbonyl (C=O) groups is 1. The summed E-state index contributed by atoms with van der Waals surface area (Å²) in [6.45, 7) is 0. The summed E-state index contributed by atoms with van der Waals surface area (Å²) in [5.74, 6) is -2.02. The maximum Gasteiger partial charge on any atom is 0.328 e. The van der Waals surface area contributed by atoms with Crippen LogP contribution >= 0.6 is 0 Å². The largest absolute Gasteiger partial charge is 0.478 e. The summed E-state index contributed by atoms with van der Waals surface area (Å²) >= 11 is 0. The fraction of sp³-hybridized carbons (Fsp3) is 0. The quantitative estimate of drug-likeness (QED) is 0.854. The Morgan fingerprint density at radius 1 is 1.00 bits per heavy atom. The monoisotopic (exact) mass is 260 g/mol. The van der Waals surface area contributed by atoms with Gasteiger partial charge >= 0.3 is 5.97 Å². The van der Waals surface area contributed by atoms with E-state index in [1.807, 2.05) is 0 Å². The predicted octanol–water partition coefficient (Wildman–Crippen LogP) is 3.73. The van der Waals surface area contributed by atoms with E-state index in [9.17, 15) is 13.6 Å². The summed E-state index contributed by atoms with van der Waals surface area (Å²) in [5.41, 5.74) is 1.48. The zero-order valence-corrected chi connectivity index (χ0v) is 9.81. The lowest BCUT2D eigenvalue weighted by atomic mass is 10.0. The van der Waals surface area contributed by atoms with Crippen LogP contribution in [0.5, 0.6) is 0 Å². The highest BCUT2D eigenvalue weighted by atomic mass is 19.1. The SMILES string of the molecule is O=C(O)C=Cc1ccc(-c2ccc(F)cc2)cc1F. The highest BCUT2D eigenvalue weighted by Gasteiger charge is 2.04. The van der Waals surface area contributed by atoms with Crippen molar-refractivity contribution in [2.24, 2.45) is 0 Å². The lowest BCUT2D eigenvalue weighted by Crippen LogP contribution is -1.88. The van der Waals surface area contributed by atoms with Crippen molar-refractivity contribution in [2.75, 3.05) is 0 Å². The van der Waals surface area contributed by atoms with Crippen molar-refractivity contribution in [3.05, 3.63) is 65.7 Å². The van der Waals surface area contributed by atoms with E-state index in [4.69, 9.17) is 5.11 Å². The number of benzene rings is 2. The Hall–Kier alpha value is -2.49. The predicted molar refractivity (Wildman–Crippen MR) is 68.5 cm³/mol. The second kappa shape index (κ2) is 5.44. The van der Waals surface area contributed by atoms with E-state index in [2.05, 4.69) is 0 Å². The maximum atomic E-state index is 13.7. The van der Waals surface area contributed by atoms with Crippen molar-refractivity contribution in [3.63, 3.8) is 0 Å². The molecule has 4 heteroatoms. The number of carboxylic acids is 1.